The Morgan fingerprint density at radius 2 is 2.05 bits per heavy atom. The summed E-state index contributed by atoms with van der Waals surface area (Å²) < 4.78 is 0. The van der Waals surface area contributed by atoms with Crippen LogP contribution < -0.4 is 5.32 Å². The molecule has 0 amide bonds. The lowest BCUT2D eigenvalue weighted by Crippen LogP contribution is -2.10. The van der Waals surface area contributed by atoms with Gasteiger partial charge in [-0.05, 0) is 51.5 Å². The smallest absolute Gasteiger partial charge is 0.337 e. The van der Waals surface area contributed by atoms with E-state index in [9.17, 15) is 4.79 Å². The number of nitrogens with zero attached hydrogens (tertiary/aromatic N) is 1. The van der Waals surface area contributed by atoms with Crippen LogP contribution in [0, 0.1) is 20.8 Å². The van der Waals surface area contributed by atoms with Crippen LogP contribution in [0.5, 0.6) is 0 Å². The van der Waals surface area contributed by atoms with E-state index in [1.165, 1.54) is 15.3 Å². The van der Waals surface area contributed by atoms with Gasteiger partial charge in [-0.3, -0.25) is 0 Å². The lowest BCUT2D eigenvalue weighted by Gasteiger charge is -2.15. The predicted octanol–water partition coefficient (Wildman–Crippen LogP) is 3.94. The number of aromatic nitrogens is 1. The van der Waals surface area contributed by atoms with Crippen LogP contribution in [0.2, 0.25) is 0 Å². The molecule has 2 N–H and O–H groups in total. The second-order valence-corrected chi connectivity index (χ2v) is 6.33. The van der Waals surface area contributed by atoms with E-state index in [4.69, 9.17) is 5.11 Å². The summed E-state index contributed by atoms with van der Waals surface area (Å²) in [5.74, 6) is -0.248. The van der Waals surface area contributed by atoms with Crippen LogP contribution >= 0.6 is 11.3 Å². The lowest BCUT2D eigenvalue weighted by atomic mass is 10.1. The monoisotopic (exact) mass is 290 g/mol. The van der Waals surface area contributed by atoms with Crippen molar-refractivity contribution in [3.05, 3.63) is 44.8 Å². The van der Waals surface area contributed by atoms with Crippen molar-refractivity contribution < 1.29 is 9.90 Å². The fourth-order valence-corrected chi connectivity index (χ4v) is 3.27. The SMILES string of the molecule is Cc1cc(C(C)Nc2ccc(C(=O)O)c(C)n2)c(C)s1. The molecule has 0 spiro atoms. The Hall–Kier alpha value is -1.88. The molecule has 2 heterocycles. The maximum absolute atomic E-state index is 11.0. The molecule has 106 valence electrons. The first-order valence-electron chi connectivity index (χ1n) is 6.43. The molecule has 1 atom stereocenters. The summed E-state index contributed by atoms with van der Waals surface area (Å²) in [7, 11) is 0. The number of nitrogens with one attached hydrogen (secondary N) is 1. The first-order valence-corrected chi connectivity index (χ1v) is 7.24. The molecule has 0 aliphatic rings. The summed E-state index contributed by atoms with van der Waals surface area (Å²) in [6, 6.07) is 5.62. The number of thiophene rings is 1. The first kappa shape index (κ1) is 14.5. The summed E-state index contributed by atoms with van der Waals surface area (Å²) in [6.07, 6.45) is 0. The number of carbonyl (C=O) groups is 1. The number of aromatic carboxylic acids is 1. The maximum Gasteiger partial charge on any atom is 0.337 e. The number of hydrogen-bond donors (Lipinski definition) is 2. The molecule has 2 aromatic rings. The molecule has 5 heteroatoms. The van der Waals surface area contributed by atoms with E-state index >= 15 is 0 Å². The zero-order valence-corrected chi connectivity index (χ0v) is 12.8. The summed E-state index contributed by atoms with van der Waals surface area (Å²) in [5.41, 5.74) is 2.02. The largest absolute Gasteiger partial charge is 0.478 e. The van der Waals surface area contributed by atoms with Crippen LogP contribution in [0.4, 0.5) is 5.82 Å². The standard InChI is InChI=1S/C15H18N2O2S/c1-8-7-13(11(4)20-8)10(3)17-14-6-5-12(15(18)19)9(2)16-14/h5-7,10H,1-4H3,(H,16,17)(H,18,19). The van der Waals surface area contributed by atoms with Gasteiger partial charge in [0.2, 0.25) is 0 Å². The van der Waals surface area contributed by atoms with Gasteiger partial charge in [0.25, 0.3) is 0 Å². The van der Waals surface area contributed by atoms with Crippen LogP contribution in [-0.2, 0) is 0 Å². The van der Waals surface area contributed by atoms with Gasteiger partial charge in [0.15, 0.2) is 0 Å². The minimum Gasteiger partial charge on any atom is -0.478 e. The molecular weight excluding hydrogens is 272 g/mol. The van der Waals surface area contributed by atoms with E-state index in [1.54, 1.807) is 30.4 Å². The number of rotatable bonds is 4. The summed E-state index contributed by atoms with van der Waals surface area (Å²) in [6.45, 7) is 7.99. The quantitative estimate of drug-likeness (QED) is 0.895. The van der Waals surface area contributed by atoms with Gasteiger partial charge in [-0.15, -0.1) is 11.3 Å². The highest BCUT2D eigenvalue weighted by atomic mass is 32.1. The van der Waals surface area contributed by atoms with E-state index in [-0.39, 0.29) is 11.6 Å². The van der Waals surface area contributed by atoms with Crippen LogP contribution in [-0.4, -0.2) is 16.1 Å². The lowest BCUT2D eigenvalue weighted by molar-refractivity contribution is 0.0695. The Balaban J connectivity index is 2.20. The number of aryl methyl sites for hydroxylation is 3. The second kappa shape index (κ2) is 5.63. The van der Waals surface area contributed by atoms with E-state index < -0.39 is 5.97 Å². The van der Waals surface area contributed by atoms with Crippen LogP contribution in [0.1, 0.15) is 44.3 Å². The van der Waals surface area contributed by atoms with E-state index in [2.05, 4.69) is 37.1 Å². The number of anilines is 1. The van der Waals surface area contributed by atoms with Crippen LogP contribution in [0.3, 0.4) is 0 Å². The molecule has 20 heavy (non-hydrogen) atoms. The highest BCUT2D eigenvalue weighted by Crippen LogP contribution is 2.28. The molecule has 4 nitrogen and oxygen atoms in total. The fourth-order valence-electron chi connectivity index (χ4n) is 2.25. The van der Waals surface area contributed by atoms with Crippen molar-refractivity contribution in [2.75, 3.05) is 5.32 Å². The van der Waals surface area contributed by atoms with Crippen molar-refractivity contribution in [3.63, 3.8) is 0 Å². The molecule has 0 bridgehead atoms. The Kier molecular flexibility index (Phi) is 4.09. The van der Waals surface area contributed by atoms with Crippen LogP contribution in [0.15, 0.2) is 18.2 Å². The highest BCUT2D eigenvalue weighted by molar-refractivity contribution is 7.12. The third-order valence-corrected chi connectivity index (χ3v) is 4.21. The summed E-state index contributed by atoms with van der Waals surface area (Å²) in [5, 5.41) is 12.3. The predicted molar refractivity (Wildman–Crippen MR) is 81.8 cm³/mol. The second-order valence-electron chi connectivity index (χ2n) is 4.87. The number of carboxylic acids is 1. The molecule has 0 saturated heterocycles. The summed E-state index contributed by atoms with van der Waals surface area (Å²) >= 11 is 1.78. The molecule has 0 aliphatic carbocycles. The number of hydrogen-bond acceptors (Lipinski definition) is 4. The first-order chi connectivity index (χ1) is 9.38. The Labute approximate surface area is 122 Å². The van der Waals surface area contributed by atoms with Crippen molar-refractivity contribution in [2.45, 2.75) is 33.7 Å². The van der Waals surface area contributed by atoms with Gasteiger partial charge in [-0.25, -0.2) is 9.78 Å². The Bertz CT molecular complexity index is 649. The zero-order chi connectivity index (χ0) is 14.9. The Morgan fingerprint density at radius 1 is 1.35 bits per heavy atom. The van der Waals surface area contributed by atoms with Gasteiger partial charge < -0.3 is 10.4 Å². The molecule has 0 fully saturated rings. The van der Waals surface area contributed by atoms with E-state index in [1.807, 2.05) is 0 Å². The van der Waals surface area contributed by atoms with Crippen LogP contribution in [0.25, 0.3) is 0 Å². The van der Waals surface area contributed by atoms with Gasteiger partial charge in [-0.2, -0.15) is 0 Å². The normalized spacial score (nSPS) is 12.2. The van der Waals surface area contributed by atoms with Gasteiger partial charge in [0.1, 0.15) is 5.82 Å². The molecule has 2 rings (SSSR count). The van der Waals surface area contributed by atoms with Gasteiger partial charge in [0.05, 0.1) is 17.3 Å². The fraction of sp³-hybridized carbons (Fsp3) is 0.333. The van der Waals surface area contributed by atoms with Gasteiger partial charge in [-0.1, -0.05) is 0 Å². The number of carboxylic acid groups (broad SMARTS) is 1. The molecule has 0 saturated carbocycles. The van der Waals surface area contributed by atoms with E-state index in [0.717, 1.165) is 0 Å². The van der Waals surface area contributed by atoms with Crippen molar-refractivity contribution in [1.82, 2.24) is 4.98 Å². The summed E-state index contributed by atoms with van der Waals surface area (Å²) in [4.78, 5) is 17.9. The molecular formula is C15H18N2O2S. The highest BCUT2D eigenvalue weighted by Gasteiger charge is 2.13. The minimum atomic E-state index is -0.945. The average molecular weight is 290 g/mol. The maximum atomic E-state index is 11.0. The van der Waals surface area contributed by atoms with Crippen molar-refractivity contribution in [3.8, 4) is 0 Å². The van der Waals surface area contributed by atoms with Crippen molar-refractivity contribution >= 4 is 23.1 Å². The Morgan fingerprint density at radius 3 is 2.55 bits per heavy atom. The molecule has 0 aromatic carbocycles. The molecule has 1 unspecified atom stereocenters. The molecule has 0 radical (unpaired) electrons. The third kappa shape index (κ3) is 2.99. The average Bonchev–Trinajstić information content (AvgIpc) is 2.68. The topological polar surface area (TPSA) is 62.2 Å². The number of pyridine rings is 1. The van der Waals surface area contributed by atoms with Crippen molar-refractivity contribution in [2.24, 2.45) is 0 Å². The third-order valence-electron chi connectivity index (χ3n) is 3.23. The van der Waals surface area contributed by atoms with E-state index in [0.29, 0.717) is 11.5 Å². The van der Waals surface area contributed by atoms with Gasteiger partial charge >= 0.3 is 5.97 Å². The van der Waals surface area contributed by atoms with Crippen molar-refractivity contribution in [1.29, 1.82) is 0 Å². The minimum absolute atomic E-state index is 0.141. The zero-order valence-electron chi connectivity index (χ0n) is 12.0. The molecule has 2 aromatic heterocycles. The molecule has 0 aliphatic heterocycles. The van der Waals surface area contributed by atoms with Gasteiger partial charge in [0, 0.05) is 9.75 Å².